The normalized spacial score (nSPS) is 10.4. The molecule has 318 valence electrons. The molecule has 0 spiro atoms. The van der Waals surface area contributed by atoms with E-state index in [1.807, 2.05) is 97.9 Å². The number of aryl methyl sites for hydroxylation is 1. The van der Waals surface area contributed by atoms with E-state index in [1.165, 1.54) is 4.90 Å². The number of aliphatic carboxylic acids is 1. The standard InChI is InChI=1S/C36H36N8O6S.2CO2.O3S/c1-25-20-27(32(50-18-9-19-51(47,48)49)23-31(25)43-42-29-12-7-4-8-13-29)22-34-37-33(38-36(39-34)44(2)24-35(45)46)21-26-14-16-30(17-15-26)41-40-28-10-5-3-6-11-28;2*2-1-3;1-4(2)3/h3-8,10-17,20,23H,9,18-19,21-22,24H2,1-2H3,(H,45,46)(H,47,48,49);;;. The third kappa shape index (κ3) is 20.6. The molecule has 5 rings (SSSR count). The van der Waals surface area contributed by atoms with Gasteiger partial charge < -0.3 is 14.7 Å². The quantitative estimate of drug-likeness (QED) is 0.0731. The average molecular weight is 877 g/mol. The van der Waals surface area contributed by atoms with Crippen molar-refractivity contribution in [3.05, 3.63) is 125 Å². The van der Waals surface area contributed by atoms with Gasteiger partial charge in [0.1, 0.15) is 23.9 Å². The Hall–Kier alpha value is -7.55. The van der Waals surface area contributed by atoms with Crippen LogP contribution in [0.25, 0.3) is 0 Å². The zero-order valence-corrected chi connectivity index (χ0v) is 33.9. The number of likely N-dealkylation sites (N-methyl/N-ethyl adjacent to an activating group) is 1. The number of hydrogen-bond donors (Lipinski definition) is 2. The lowest BCUT2D eigenvalue weighted by Gasteiger charge is -2.17. The van der Waals surface area contributed by atoms with Crippen molar-refractivity contribution < 1.29 is 59.4 Å². The molecule has 0 saturated carbocycles. The molecule has 5 aromatic rings. The predicted octanol–water partition coefficient (Wildman–Crippen LogP) is 5.20. The number of carbonyl (C=O) groups is 1. The second-order valence-electron chi connectivity index (χ2n) is 11.9. The van der Waals surface area contributed by atoms with Gasteiger partial charge in [-0.05, 0) is 66.9 Å². The fraction of sp³-hybridized carbons (Fsp3) is 0.211. The molecule has 0 radical (unpaired) electrons. The molecule has 23 heteroatoms. The third-order valence-electron chi connectivity index (χ3n) is 7.33. The lowest BCUT2D eigenvalue weighted by Crippen LogP contribution is -2.28. The smallest absolute Gasteiger partial charge is 0.425 e. The Morgan fingerprint density at radius 3 is 1.72 bits per heavy atom. The highest BCUT2D eigenvalue weighted by Gasteiger charge is 2.17. The molecule has 1 aromatic heterocycles. The third-order valence-corrected chi connectivity index (χ3v) is 8.13. The van der Waals surface area contributed by atoms with E-state index >= 15 is 0 Å². The van der Waals surface area contributed by atoms with Crippen LogP contribution in [-0.2, 0) is 57.5 Å². The Kier molecular flexibility index (Phi) is 21.5. The van der Waals surface area contributed by atoms with Gasteiger partial charge in [-0.25, -0.2) is 4.98 Å². The molecular formula is C38H36N8O13S2. The second kappa shape index (κ2) is 26.5. The molecule has 4 aromatic carbocycles. The van der Waals surface area contributed by atoms with E-state index in [0.717, 1.165) is 16.8 Å². The van der Waals surface area contributed by atoms with Crippen LogP contribution >= 0.6 is 0 Å². The summed E-state index contributed by atoms with van der Waals surface area (Å²) in [4.78, 5) is 59.4. The van der Waals surface area contributed by atoms with Gasteiger partial charge in [-0.2, -0.15) is 58.0 Å². The van der Waals surface area contributed by atoms with Gasteiger partial charge in [0.25, 0.3) is 10.1 Å². The summed E-state index contributed by atoms with van der Waals surface area (Å²) in [7, 11) is -5.68. The van der Waals surface area contributed by atoms with E-state index in [2.05, 4.69) is 30.4 Å². The molecule has 0 fully saturated rings. The summed E-state index contributed by atoms with van der Waals surface area (Å²) in [5, 5.41) is 26.7. The van der Waals surface area contributed by atoms with Crippen LogP contribution in [0, 0.1) is 6.92 Å². The van der Waals surface area contributed by atoms with Crippen LogP contribution in [0.4, 0.5) is 28.7 Å². The monoisotopic (exact) mass is 876 g/mol. The first kappa shape index (κ1) is 49.6. The fourth-order valence-corrected chi connectivity index (χ4v) is 5.33. The van der Waals surface area contributed by atoms with E-state index in [1.54, 1.807) is 13.1 Å². The van der Waals surface area contributed by atoms with E-state index in [0.29, 0.717) is 46.4 Å². The van der Waals surface area contributed by atoms with Crippen molar-refractivity contribution in [2.75, 3.05) is 30.9 Å². The van der Waals surface area contributed by atoms with Crippen molar-refractivity contribution in [1.29, 1.82) is 0 Å². The van der Waals surface area contributed by atoms with Crippen molar-refractivity contribution in [1.82, 2.24) is 15.0 Å². The number of carboxylic acid groups (broad SMARTS) is 1. The predicted molar refractivity (Wildman–Crippen MR) is 211 cm³/mol. The molecule has 61 heavy (non-hydrogen) atoms. The SMILES string of the molecule is Cc1cc(Cc2nc(Cc3ccc(N=Nc4ccccc4)cc3)nc(N(C)CC(=O)O)n2)c(OCCCS(=O)(=O)O)cc1N=Nc1ccccc1.O=C=O.O=C=O.O=S(=O)=O. The molecule has 0 saturated heterocycles. The number of azo groups is 2. The van der Waals surface area contributed by atoms with Gasteiger partial charge in [-0.3, -0.25) is 9.35 Å². The number of anilines is 1. The number of rotatable bonds is 16. The van der Waals surface area contributed by atoms with Gasteiger partial charge in [0.2, 0.25) is 5.95 Å². The molecule has 21 nitrogen and oxygen atoms in total. The minimum atomic E-state index is -4.16. The maximum atomic E-state index is 11.5. The molecule has 2 N–H and O–H groups in total. The molecule has 0 unspecified atom stereocenters. The average Bonchev–Trinajstić information content (AvgIpc) is 3.20. The number of nitrogens with zero attached hydrogens (tertiary/aromatic N) is 8. The number of benzene rings is 4. The van der Waals surface area contributed by atoms with Gasteiger partial charge in [0.05, 0.1) is 35.1 Å². The first-order valence-electron chi connectivity index (χ1n) is 17.2. The second-order valence-corrected chi connectivity index (χ2v) is 13.9. The van der Waals surface area contributed by atoms with Crippen molar-refractivity contribution in [3.8, 4) is 5.75 Å². The van der Waals surface area contributed by atoms with Crippen LogP contribution in [0.3, 0.4) is 0 Å². The first-order valence-corrected chi connectivity index (χ1v) is 19.8. The van der Waals surface area contributed by atoms with Crippen LogP contribution in [0.5, 0.6) is 5.75 Å². The number of ether oxygens (including phenoxy) is 1. The van der Waals surface area contributed by atoms with Crippen LogP contribution in [-0.4, -0.2) is 89.9 Å². The zero-order valence-electron chi connectivity index (χ0n) is 32.3. The Morgan fingerprint density at radius 2 is 1.23 bits per heavy atom. The zero-order chi connectivity index (χ0) is 45.2. The van der Waals surface area contributed by atoms with E-state index < -0.39 is 32.4 Å². The molecule has 0 atom stereocenters. The largest absolute Gasteiger partial charge is 0.493 e. The molecule has 0 aliphatic heterocycles. The summed E-state index contributed by atoms with van der Waals surface area (Å²) in [6.45, 7) is 1.55. The van der Waals surface area contributed by atoms with Crippen LogP contribution < -0.4 is 9.64 Å². The highest BCUT2D eigenvalue weighted by atomic mass is 32.2. The van der Waals surface area contributed by atoms with Gasteiger partial charge in [0.15, 0.2) is 0 Å². The summed E-state index contributed by atoms with van der Waals surface area (Å²) in [5.74, 6) is -0.126. The number of hydrogen-bond acceptors (Lipinski definition) is 19. The van der Waals surface area contributed by atoms with Gasteiger partial charge in [0, 0.05) is 31.5 Å². The number of aromatic nitrogens is 3. The van der Waals surface area contributed by atoms with Crippen LogP contribution in [0.1, 0.15) is 34.8 Å². The highest BCUT2D eigenvalue weighted by molar-refractivity contribution is 7.85. The van der Waals surface area contributed by atoms with Crippen molar-refractivity contribution in [2.45, 2.75) is 26.2 Å². The lowest BCUT2D eigenvalue weighted by molar-refractivity contribution is -0.193. The van der Waals surface area contributed by atoms with Gasteiger partial charge in [-0.1, -0.05) is 48.5 Å². The first-order chi connectivity index (χ1) is 29.1. The molecule has 0 bridgehead atoms. The molecular weight excluding hydrogens is 841 g/mol. The van der Waals surface area contributed by atoms with E-state index in [-0.39, 0.29) is 44.2 Å². The van der Waals surface area contributed by atoms with Crippen molar-refractivity contribution >= 4 is 67.7 Å². The Morgan fingerprint density at radius 1 is 0.754 bits per heavy atom. The van der Waals surface area contributed by atoms with E-state index in [4.69, 9.17) is 41.5 Å². The minimum absolute atomic E-state index is 0.00107. The van der Waals surface area contributed by atoms with Crippen LogP contribution in [0.2, 0.25) is 0 Å². The maximum Gasteiger partial charge on any atom is 0.425 e. The van der Waals surface area contributed by atoms with Gasteiger partial charge >= 0.3 is 28.9 Å². The fourth-order valence-electron chi connectivity index (χ4n) is 4.85. The summed E-state index contributed by atoms with van der Waals surface area (Å²) in [6, 6.07) is 29.7. The maximum absolute atomic E-state index is 11.5. The van der Waals surface area contributed by atoms with E-state index in [9.17, 15) is 22.9 Å². The summed E-state index contributed by atoms with van der Waals surface area (Å²) in [6.07, 6.45) is 1.06. The van der Waals surface area contributed by atoms with Gasteiger partial charge in [-0.15, -0.1) is 12.6 Å². The Balaban J connectivity index is 0.00000116. The highest BCUT2D eigenvalue weighted by Crippen LogP contribution is 2.32. The minimum Gasteiger partial charge on any atom is -0.493 e. The molecule has 0 aliphatic carbocycles. The van der Waals surface area contributed by atoms with Crippen LogP contribution in [0.15, 0.2) is 118 Å². The summed E-state index contributed by atoms with van der Waals surface area (Å²) in [5.41, 5.74) is 4.98. The Bertz CT molecular complexity index is 2530. The topological polar surface area (TPSA) is 312 Å². The lowest BCUT2D eigenvalue weighted by atomic mass is 10.1. The number of carboxylic acids is 1. The number of carbonyl (C=O) groups excluding carboxylic acids is 4. The summed E-state index contributed by atoms with van der Waals surface area (Å²) < 4.78 is 63.1. The molecule has 0 aliphatic rings. The van der Waals surface area contributed by atoms with Crippen molar-refractivity contribution in [3.63, 3.8) is 0 Å². The molecule has 0 amide bonds. The van der Waals surface area contributed by atoms with Crippen molar-refractivity contribution in [2.24, 2.45) is 20.5 Å². The summed E-state index contributed by atoms with van der Waals surface area (Å²) >= 11 is 0. The molecule has 1 heterocycles. The Labute approximate surface area is 349 Å².